The fourth-order valence-corrected chi connectivity index (χ4v) is 2.94. The summed E-state index contributed by atoms with van der Waals surface area (Å²) < 4.78 is 3.69. The number of aromatic nitrogens is 4. The van der Waals surface area contributed by atoms with Crippen molar-refractivity contribution in [3.05, 3.63) is 78.9 Å². The van der Waals surface area contributed by atoms with Gasteiger partial charge in [0.05, 0.1) is 23.0 Å². The Balaban J connectivity index is 1.42. The second-order valence-corrected chi connectivity index (χ2v) is 6.15. The van der Waals surface area contributed by atoms with E-state index in [9.17, 15) is 4.79 Å². The van der Waals surface area contributed by atoms with Crippen molar-refractivity contribution in [1.29, 1.82) is 0 Å². The average Bonchev–Trinajstić information content (AvgIpc) is 3.36. The number of para-hydroxylation sites is 2. The summed E-state index contributed by atoms with van der Waals surface area (Å²) in [5.74, 6) is -0.0377. The minimum absolute atomic E-state index is 0.0377. The largest absolute Gasteiger partial charge is 0.350 e. The molecule has 0 saturated carbocycles. The van der Waals surface area contributed by atoms with Crippen LogP contribution < -0.4 is 5.32 Å². The van der Waals surface area contributed by atoms with Crippen molar-refractivity contribution in [2.24, 2.45) is 0 Å². The fraction of sp³-hybridized carbons (Fsp3) is 0.150. The monoisotopic (exact) mass is 345 g/mol. The van der Waals surface area contributed by atoms with E-state index in [2.05, 4.69) is 15.4 Å². The molecule has 0 aliphatic carbocycles. The van der Waals surface area contributed by atoms with Gasteiger partial charge in [-0.05, 0) is 42.8 Å². The maximum atomic E-state index is 12.5. The van der Waals surface area contributed by atoms with Gasteiger partial charge in [0, 0.05) is 18.9 Å². The molecule has 0 spiro atoms. The van der Waals surface area contributed by atoms with E-state index in [4.69, 9.17) is 0 Å². The fourth-order valence-electron chi connectivity index (χ4n) is 2.94. The Morgan fingerprint density at radius 2 is 1.92 bits per heavy atom. The smallest absolute Gasteiger partial charge is 0.243 e. The molecule has 0 aliphatic rings. The minimum Gasteiger partial charge on any atom is -0.350 e. The predicted octanol–water partition coefficient (Wildman–Crippen LogP) is 3.10. The second kappa shape index (κ2) is 6.84. The molecular weight excluding hydrogens is 326 g/mol. The third-order valence-corrected chi connectivity index (χ3v) is 4.45. The zero-order valence-electron chi connectivity index (χ0n) is 14.4. The second-order valence-electron chi connectivity index (χ2n) is 6.15. The lowest BCUT2D eigenvalue weighted by atomic mass is 10.2. The van der Waals surface area contributed by atoms with Crippen LogP contribution in [0.2, 0.25) is 0 Å². The van der Waals surface area contributed by atoms with Crippen molar-refractivity contribution in [1.82, 2.24) is 24.6 Å². The van der Waals surface area contributed by atoms with Crippen LogP contribution in [-0.2, 0) is 11.3 Å². The van der Waals surface area contributed by atoms with E-state index < -0.39 is 0 Å². The third-order valence-electron chi connectivity index (χ3n) is 4.45. The lowest BCUT2D eigenvalue weighted by Crippen LogP contribution is -2.30. The van der Waals surface area contributed by atoms with Crippen LogP contribution in [0.3, 0.4) is 0 Å². The van der Waals surface area contributed by atoms with Crippen LogP contribution in [0, 0.1) is 0 Å². The number of nitrogens with zero attached hydrogens (tertiary/aromatic N) is 4. The zero-order valence-corrected chi connectivity index (χ0v) is 14.4. The number of hydrogen-bond donors (Lipinski definition) is 1. The summed E-state index contributed by atoms with van der Waals surface area (Å²) in [5.41, 5.74) is 3.88. The Bertz CT molecular complexity index is 1020. The molecule has 1 amide bonds. The molecule has 6 nitrogen and oxygen atoms in total. The third kappa shape index (κ3) is 3.09. The molecule has 130 valence electrons. The van der Waals surface area contributed by atoms with Gasteiger partial charge < -0.3 is 9.88 Å². The number of carbonyl (C=O) groups is 1. The van der Waals surface area contributed by atoms with Crippen molar-refractivity contribution < 1.29 is 4.79 Å². The minimum atomic E-state index is -0.328. The molecule has 2 heterocycles. The first-order valence-electron chi connectivity index (χ1n) is 8.50. The molecule has 0 radical (unpaired) electrons. The summed E-state index contributed by atoms with van der Waals surface area (Å²) in [6.07, 6.45) is 5.36. The van der Waals surface area contributed by atoms with Gasteiger partial charge in [-0.2, -0.15) is 5.10 Å². The number of nitrogens with one attached hydrogen (secondary N) is 1. The van der Waals surface area contributed by atoms with Crippen LogP contribution in [0.25, 0.3) is 16.7 Å². The molecule has 0 bridgehead atoms. The van der Waals surface area contributed by atoms with Crippen LogP contribution in [0.4, 0.5) is 0 Å². The number of rotatable bonds is 5. The van der Waals surface area contributed by atoms with Crippen LogP contribution in [0.15, 0.2) is 73.3 Å². The first-order valence-corrected chi connectivity index (χ1v) is 8.50. The van der Waals surface area contributed by atoms with E-state index >= 15 is 0 Å². The van der Waals surface area contributed by atoms with Gasteiger partial charge in [-0.3, -0.25) is 4.79 Å². The van der Waals surface area contributed by atoms with Crippen molar-refractivity contribution >= 4 is 16.9 Å². The molecular formula is C20H19N5O. The summed E-state index contributed by atoms with van der Waals surface area (Å²) >= 11 is 0. The highest BCUT2D eigenvalue weighted by Gasteiger charge is 2.16. The Morgan fingerprint density at radius 3 is 2.69 bits per heavy atom. The van der Waals surface area contributed by atoms with E-state index in [0.29, 0.717) is 6.54 Å². The number of imidazole rings is 1. The van der Waals surface area contributed by atoms with E-state index in [0.717, 1.165) is 22.3 Å². The van der Waals surface area contributed by atoms with Crippen LogP contribution in [0.5, 0.6) is 0 Å². The molecule has 4 aromatic rings. The van der Waals surface area contributed by atoms with Gasteiger partial charge in [0.1, 0.15) is 6.04 Å². The van der Waals surface area contributed by atoms with Gasteiger partial charge in [-0.1, -0.05) is 24.3 Å². The van der Waals surface area contributed by atoms with Gasteiger partial charge >= 0.3 is 0 Å². The number of fused-ring (bicyclic) bond motifs is 1. The molecule has 1 atom stereocenters. The Morgan fingerprint density at radius 1 is 1.12 bits per heavy atom. The molecule has 1 N–H and O–H groups in total. The van der Waals surface area contributed by atoms with Gasteiger partial charge in [0.15, 0.2) is 0 Å². The van der Waals surface area contributed by atoms with Crippen molar-refractivity contribution in [3.8, 4) is 5.69 Å². The van der Waals surface area contributed by atoms with E-state index in [1.54, 1.807) is 17.2 Å². The van der Waals surface area contributed by atoms with Crippen LogP contribution in [-0.4, -0.2) is 25.2 Å². The van der Waals surface area contributed by atoms with Gasteiger partial charge in [-0.15, -0.1) is 0 Å². The van der Waals surface area contributed by atoms with Crippen molar-refractivity contribution in [2.75, 3.05) is 0 Å². The predicted molar refractivity (Wildman–Crippen MR) is 99.9 cm³/mol. The van der Waals surface area contributed by atoms with E-state index in [1.165, 1.54) is 0 Å². The van der Waals surface area contributed by atoms with Crippen LogP contribution >= 0.6 is 0 Å². The Labute approximate surface area is 151 Å². The molecule has 6 heteroatoms. The highest BCUT2D eigenvalue weighted by Crippen LogP contribution is 2.17. The summed E-state index contributed by atoms with van der Waals surface area (Å²) in [6.45, 7) is 2.36. The zero-order chi connectivity index (χ0) is 17.9. The summed E-state index contributed by atoms with van der Waals surface area (Å²) in [4.78, 5) is 16.9. The number of hydrogen-bond acceptors (Lipinski definition) is 3. The molecule has 0 aliphatic heterocycles. The number of carbonyl (C=O) groups excluding carboxylic acids is 1. The molecule has 0 fully saturated rings. The average molecular weight is 345 g/mol. The Hall–Kier alpha value is -3.41. The van der Waals surface area contributed by atoms with Crippen molar-refractivity contribution in [3.63, 3.8) is 0 Å². The summed E-state index contributed by atoms with van der Waals surface area (Å²) in [7, 11) is 0. The summed E-state index contributed by atoms with van der Waals surface area (Å²) in [6, 6.07) is 17.3. The maximum Gasteiger partial charge on any atom is 0.243 e. The molecule has 2 aromatic heterocycles. The van der Waals surface area contributed by atoms with Crippen molar-refractivity contribution in [2.45, 2.75) is 19.5 Å². The van der Waals surface area contributed by atoms with Gasteiger partial charge in [0.25, 0.3) is 0 Å². The standard InChI is InChI=1S/C20H19N5O/c1-15(24-14-22-18-5-2-3-6-19(18)24)20(26)21-13-16-7-9-17(10-8-16)25-12-4-11-23-25/h2-12,14-15H,13H2,1H3,(H,21,26). The molecule has 0 saturated heterocycles. The lowest BCUT2D eigenvalue weighted by Gasteiger charge is -2.15. The number of amides is 1. The van der Waals surface area contributed by atoms with E-state index in [1.807, 2.05) is 72.3 Å². The Kier molecular flexibility index (Phi) is 4.23. The quantitative estimate of drug-likeness (QED) is 0.604. The SMILES string of the molecule is CC(C(=O)NCc1ccc(-n2cccn2)cc1)n1cnc2ccccc21. The van der Waals surface area contributed by atoms with Gasteiger partial charge in [0.2, 0.25) is 5.91 Å². The van der Waals surface area contributed by atoms with E-state index in [-0.39, 0.29) is 11.9 Å². The molecule has 4 rings (SSSR count). The highest BCUT2D eigenvalue weighted by atomic mass is 16.2. The molecule has 26 heavy (non-hydrogen) atoms. The first kappa shape index (κ1) is 16.1. The lowest BCUT2D eigenvalue weighted by molar-refractivity contribution is -0.123. The normalized spacial score (nSPS) is 12.2. The van der Waals surface area contributed by atoms with Gasteiger partial charge in [-0.25, -0.2) is 9.67 Å². The highest BCUT2D eigenvalue weighted by molar-refractivity contribution is 5.83. The molecule has 1 unspecified atom stereocenters. The first-order chi connectivity index (χ1) is 12.7. The molecule has 2 aromatic carbocycles. The number of benzene rings is 2. The maximum absolute atomic E-state index is 12.5. The van der Waals surface area contributed by atoms with Crippen LogP contribution in [0.1, 0.15) is 18.5 Å². The summed E-state index contributed by atoms with van der Waals surface area (Å²) in [5, 5.41) is 7.20. The topological polar surface area (TPSA) is 64.7 Å².